The van der Waals surface area contributed by atoms with Crippen LogP contribution in [0.15, 0.2) is 18.2 Å². The predicted molar refractivity (Wildman–Crippen MR) is 85.9 cm³/mol. The molecule has 0 atom stereocenters. The van der Waals surface area contributed by atoms with Gasteiger partial charge in [0, 0.05) is 24.7 Å². The zero-order valence-corrected chi connectivity index (χ0v) is 13.2. The van der Waals surface area contributed by atoms with Crippen molar-refractivity contribution in [2.75, 3.05) is 24.6 Å². The van der Waals surface area contributed by atoms with E-state index in [1.807, 2.05) is 4.90 Å². The van der Waals surface area contributed by atoms with Crippen molar-refractivity contribution in [1.29, 1.82) is 0 Å². The number of aromatic nitrogens is 3. The number of aromatic amines is 1. The van der Waals surface area contributed by atoms with Crippen molar-refractivity contribution >= 4 is 17.3 Å². The van der Waals surface area contributed by atoms with Crippen molar-refractivity contribution in [2.24, 2.45) is 0 Å². The number of ether oxygens (including phenoxy) is 1. The van der Waals surface area contributed by atoms with Crippen LogP contribution in [-0.2, 0) is 4.74 Å². The van der Waals surface area contributed by atoms with Gasteiger partial charge in [0.05, 0.1) is 11.5 Å². The molecule has 24 heavy (non-hydrogen) atoms. The molecule has 1 aromatic carbocycles. The van der Waals surface area contributed by atoms with Crippen LogP contribution in [-0.4, -0.2) is 46.0 Å². The van der Waals surface area contributed by atoms with Crippen molar-refractivity contribution in [2.45, 2.75) is 19.8 Å². The lowest BCUT2D eigenvalue weighted by atomic mass is 10.1. The predicted octanol–water partition coefficient (Wildman–Crippen LogP) is 2.16. The molecule has 9 heteroatoms. The number of carbonyl (C=O) groups is 1. The monoisotopic (exact) mass is 331 g/mol. The first-order valence-electron chi connectivity index (χ1n) is 7.73. The highest BCUT2D eigenvalue weighted by Gasteiger charge is 2.25. The van der Waals surface area contributed by atoms with E-state index in [0.717, 1.165) is 25.9 Å². The fourth-order valence-corrected chi connectivity index (χ4v) is 2.82. The van der Waals surface area contributed by atoms with Crippen LogP contribution in [0.1, 0.15) is 30.3 Å². The van der Waals surface area contributed by atoms with Gasteiger partial charge in [-0.2, -0.15) is 10.3 Å². The number of hydrogen-bond donors (Lipinski definition) is 1. The molecule has 9 nitrogen and oxygen atoms in total. The molecule has 1 aliphatic heterocycles. The molecule has 3 rings (SSSR count). The Hall–Kier alpha value is -2.97. The lowest BCUT2D eigenvalue weighted by Crippen LogP contribution is -2.18. The van der Waals surface area contributed by atoms with E-state index in [1.165, 1.54) is 6.07 Å². The Balaban J connectivity index is 2.01. The van der Waals surface area contributed by atoms with E-state index in [1.54, 1.807) is 19.1 Å². The van der Waals surface area contributed by atoms with E-state index in [0.29, 0.717) is 11.3 Å². The van der Waals surface area contributed by atoms with Crippen molar-refractivity contribution in [1.82, 2.24) is 15.4 Å². The van der Waals surface area contributed by atoms with Crippen LogP contribution in [0.5, 0.6) is 0 Å². The first-order chi connectivity index (χ1) is 11.6. The fraction of sp³-hybridized carbons (Fsp3) is 0.400. The number of hydrogen-bond acceptors (Lipinski definition) is 7. The molecule has 1 aliphatic rings. The van der Waals surface area contributed by atoms with Crippen LogP contribution in [0.4, 0.5) is 11.4 Å². The van der Waals surface area contributed by atoms with Gasteiger partial charge in [-0.1, -0.05) is 6.07 Å². The van der Waals surface area contributed by atoms with Crippen LogP contribution in [0.3, 0.4) is 0 Å². The minimum atomic E-state index is -0.618. The summed E-state index contributed by atoms with van der Waals surface area (Å²) in [6.07, 6.45) is 2.05. The smallest absolute Gasteiger partial charge is 0.361 e. The topological polar surface area (TPSA) is 114 Å². The van der Waals surface area contributed by atoms with E-state index in [-0.39, 0.29) is 23.7 Å². The molecular formula is C15H17N5O4. The highest BCUT2D eigenvalue weighted by Crippen LogP contribution is 2.34. The zero-order valence-electron chi connectivity index (χ0n) is 13.2. The second-order valence-electron chi connectivity index (χ2n) is 5.40. The number of H-pyrrole nitrogens is 1. The first kappa shape index (κ1) is 15.9. The zero-order chi connectivity index (χ0) is 17.1. The third kappa shape index (κ3) is 2.92. The average Bonchev–Trinajstić information content (AvgIpc) is 3.26. The van der Waals surface area contributed by atoms with Crippen molar-refractivity contribution in [3.8, 4) is 11.3 Å². The Morgan fingerprint density at radius 1 is 1.38 bits per heavy atom. The number of rotatable bonds is 5. The van der Waals surface area contributed by atoms with Gasteiger partial charge in [-0.3, -0.25) is 10.1 Å². The summed E-state index contributed by atoms with van der Waals surface area (Å²) in [4.78, 5) is 25.0. The quantitative estimate of drug-likeness (QED) is 0.507. The largest absolute Gasteiger partial charge is 0.461 e. The Kier molecular flexibility index (Phi) is 4.41. The number of nitrogens with one attached hydrogen (secondary N) is 1. The minimum Gasteiger partial charge on any atom is -0.461 e. The van der Waals surface area contributed by atoms with Crippen LogP contribution >= 0.6 is 0 Å². The van der Waals surface area contributed by atoms with Gasteiger partial charge in [0.1, 0.15) is 11.4 Å². The molecule has 2 aromatic rings. The lowest BCUT2D eigenvalue weighted by molar-refractivity contribution is -0.384. The van der Waals surface area contributed by atoms with Gasteiger partial charge < -0.3 is 9.64 Å². The third-order valence-corrected chi connectivity index (χ3v) is 3.91. The number of benzene rings is 1. The maximum atomic E-state index is 11.9. The normalized spacial score (nSPS) is 14.0. The summed E-state index contributed by atoms with van der Waals surface area (Å²) in [5.41, 5.74) is 1.28. The number of nitro benzene ring substituents is 1. The van der Waals surface area contributed by atoms with E-state index < -0.39 is 10.9 Å². The molecule has 0 unspecified atom stereocenters. The second-order valence-corrected chi connectivity index (χ2v) is 5.40. The molecule has 1 aromatic heterocycles. The molecule has 2 heterocycles. The maximum absolute atomic E-state index is 11.9. The van der Waals surface area contributed by atoms with E-state index in [4.69, 9.17) is 4.74 Å². The number of nitro groups is 1. The van der Waals surface area contributed by atoms with E-state index in [9.17, 15) is 14.9 Å². The molecule has 0 aliphatic carbocycles. The molecule has 0 saturated carbocycles. The van der Waals surface area contributed by atoms with Crippen molar-refractivity contribution in [3.05, 3.63) is 34.0 Å². The van der Waals surface area contributed by atoms with Gasteiger partial charge >= 0.3 is 5.97 Å². The second kappa shape index (κ2) is 6.65. The van der Waals surface area contributed by atoms with Gasteiger partial charge in [0.25, 0.3) is 5.69 Å². The van der Waals surface area contributed by atoms with Crippen molar-refractivity contribution in [3.63, 3.8) is 0 Å². The highest BCUT2D eigenvalue weighted by molar-refractivity contribution is 5.94. The first-order valence-corrected chi connectivity index (χ1v) is 7.73. The molecule has 1 saturated heterocycles. The van der Waals surface area contributed by atoms with Crippen molar-refractivity contribution < 1.29 is 14.5 Å². The third-order valence-electron chi connectivity index (χ3n) is 3.91. The Morgan fingerprint density at radius 3 is 2.79 bits per heavy atom. The number of esters is 1. The Labute approximate surface area is 137 Å². The molecule has 0 spiro atoms. The summed E-state index contributed by atoms with van der Waals surface area (Å²) in [7, 11) is 0. The lowest BCUT2D eigenvalue weighted by Gasteiger charge is -2.17. The number of carbonyl (C=O) groups excluding carboxylic acids is 1. The summed E-state index contributed by atoms with van der Waals surface area (Å²) in [6, 6.07) is 4.83. The molecule has 0 amide bonds. The van der Waals surface area contributed by atoms with E-state index >= 15 is 0 Å². The standard InChI is InChI=1S/C15H17N5O4/c1-2-24-15(21)14-13(16-18-17-14)10-5-6-11(12(9-10)20(22)23)19-7-3-4-8-19/h5-6,9H,2-4,7-8H2,1H3,(H,16,17,18). The summed E-state index contributed by atoms with van der Waals surface area (Å²) in [5.74, 6) is -0.618. The van der Waals surface area contributed by atoms with Gasteiger partial charge in [0.15, 0.2) is 5.69 Å². The van der Waals surface area contributed by atoms with Gasteiger partial charge in [0.2, 0.25) is 0 Å². The van der Waals surface area contributed by atoms with Crippen LogP contribution < -0.4 is 4.90 Å². The van der Waals surface area contributed by atoms with Crippen LogP contribution in [0, 0.1) is 10.1 Å². The van der Waals surface area contributed by atoms with Crippen LogP contribution in [0.2, 0.25) is 0 Å². The van der Waals surface area contributed by atoms with Gasteiger partial charge in [-0.25, -0.2) is 4.79 Å². The number of nitrogens with zero attached hydrogens (tertiary/aromatic N) is 4. The summed E-state index contributed by atoms with van der Waals surface area (Å²) < 4.78 is 4.93. The summed E-state index contributed by atoms with van der Waals surface area (Å²) in [6.45, 7) is 3.50. The SMILES string of the molecule is CCOC(=O)c1n[nH]nc1-c1ccc(N2CCCC2)c([N+](=O)[O-])c1. The van der Waals surface area contributed by atoms with Crippen LogP contribution in [0.25, 0.3) is 11.3 Å². The molecular weight excluding hydrogens is 314 g/mol. The van der Waals surface area contributed by atoms with Gasteiger partial charge in [-0.05, 0) is 25.8 Å². The highest BCUT2D eigenvalue weighted by atomic mass is 16.6. The van der Waals surface area contributed by atoms with E-state index in [2.05, 4.69) is 15.4 Å². The fourth-order valence-electron chi connectivity index (χ4n) is 2.82. The molecule has 1 N–H and O–H groups in total. The molecule has 1 fully saturated rings. The summed E-state index contributed by atoms with van der Waals surface area (Å²) in [5, 5.41) is 21.6. The maximum Gasteiger partial charge on any atom is 0.361 e. The average molecular weight is 331 g/mol. The minimum absolute atomic E-state index is 0.00721. The molecule has 126 valence electrons. The summed E-state index contributed by atoms with van der Waals surface area (Å²) >= 11 is 0. The molecule has 0 radical (unpaired) electrons. The Bertz CT molecular complexity index is 767. The van der Waals surface area contributed by atoms with Gasteiger partial charge in [-0.15, -0.1) is 5.10 Å². The number of anilines is 1. The molecule has 0 bridgehead atoms. The Morgan fingerprint density at radius 2 is 2.12 bits per heavy atom.